The van der Waals surface area contributed by atoms with E-state index in [2.05, 4.69) is 29.3 Å². The molecular weight excluding hydrogens is 276 g/mol. The Hall–Kier alpha value is -1.59. The maximum absolute atomic E-state index is 11.9. The molecule has 0 saturated carbocycles. The van der Waals surface area contributed by atoms with E-state index in [9.17, 15) is 4.79 Å². The first kappa shape index (κ1) is 12.4. The Labute approximate surface area is 121 Å². The number of anilines is 1. The molecule has 0 aromatic heterocycles. The fraction of sp³-hybridized carbons (Fsp3) is 0.143. The molecule has 2 heterocycles. The number of hydrogen-bond acceptors (Lipinski definition) is 4. The molecule has 3 rings (SSSR count). The van der Waals surface area contributed by atoms with Gasteiger partial charge in [-0.15, -0.1) is 0 Å². The number of carbonyl (C=O) groups is 1. The summed E-state index contributed by atoms with van der Waals surface area (Å²) in [7, 11) is 0. The minimum absolute atomic E-state index is 0.104. The molecular formula is C14H12N2OS2. The first-order chi connectivity index (χ1) is 9.20. The summed E-state index contributed by atoms with van der Waals surface area (Å²) >= 11 is 6.38. The Kier molecular flexibility index (Phi) is 3.16. The molecule has 2 aliphatic heterocycles. The van der Waals surface area contributed by atoms with Gasteiger partial charge in [-0.25, -0.2) is 0 Å². The molecule has 5 heteroatoms. The van der Waals surface area contributed by atoms with Crippen LogP contribution in [-0.4, -0.2) is 16.8 Å². The highest BCUT2D eigenvalue weighted by Crippen LogP contribution is 2.36. The van der Waals surface area contributed by atoms with E-state index in [0.29, 0.717) is 9.23 Å². The Morgan fingerprint density at radius 3 is 2.79 bits per heavy atom. The summed E-state index contributed by atoms with van der Waals surface area (Å²) in [6.07, 6.45) is 4.03. The molecule has 1 amide bonds. The van der Waals surface area contributed by atoms with E-state index < -0.39 is 0 Å². The summed E-state index contributed by atoms with van der Waals surface area (Å²) in [5.74, 6) is -0.104. The van der Waals surface area contributed by atoms with Crippen LogP contribution in [-0.2, 0) is 4.79 Å². The van der Waals surface area contributed by atoms with E-state index in [4.69, 9.17) is 12.2 Å². The molecule has 3 nitrogen and oxygen atoms in total. The quantitative estimate of drug-likeness (QED) is 0.636. The van der Waals surface area contributed by atoms with Gasteiger partial charge in [-0.1, -0.05) is 48.3 Å². The van der Waals surface area contributed by atoms with E-state index in [1.54, 1.807) is 0 Å². The van der Waals surface area contributed by atoms with Crippen molar-refractivity contribution < 1.29 is 4.79 Å². The van der Waals surface area contributed by atoms with Crippen molar-refractivity contribution in [1.29, 1.82) is 0 Å². The van der Waals surface area contributed by atoms with Crippen LogP contribution in [0.5, 0.6) is 0 Å². The molecule has 1 N–H and O–H groups in total. The van der Waals surface area contributed by atoms with Gasteiger partial charge >= 0.3 is 0 Å². The second-order valence-electron chi connectivity index (χ2n) is 4.19. The lowest BCUT2D eigenvalue weighted by Crippen LogP contribution is -2.27. The minimum Gasteiger partial charge on any atom is -0.340 e. The lowest BCUT2D eigenvalue weighted by atomic mass is 10.1. The first-order valence-corrected chi connectivity index (χ1v) is 7.25. The van der Waals surface area contributed by atoms with E-state index in [0.717, 1.165) is 17.9 Å². The zero-order valence-corrected chi connectivity index (χ0v) is 12.0. The molecule has 1 aromatic carbocycles. The number of hydrogen-bond donors (Lipinski definition) is 1. The van der Waals surface area contributed by atoms with Crippen molar-refractivity contribution in [2.24, 2.45) is 0 Å². The molecule has 1 saturated heterocycles. The van der Waals surface area contributed by atoms with Gasteiger partial charge in [0.25, 0.3) is 5.91 Å². The number of allylic oxidation sites excluding steroid dienone is 1. The molecule has 0 unspecified atom stereocenters. The van der Waals surface area contributed by atoms with E-state index in [1.165, 1.54) is 17.3 Å². The molecule has 2 aliphatic rings. The number of para-hydroxylation sites is 1. The van der Waals surface area contributed by atoms with Gasteiger partial charge < -0.3 is 10.2 Å². The maximum atomic E-state index is 11.9. The number of thioether (sulfide) groups is 1. The Balaban J connectivity index is 2.13. The SMILES string of the molecule is CCN1/C(=C2/SC(=S)NC2=O)C=Cc2ccccc21. The Bertz CT molecular complexity index is 634. The average Bonchev–Trinajstić information content (AvgIpc) is 2.76. The smallest absolute Gasteiger partial charge is 0.265 e. The van der Waals surface area contributed by atoms with Crippen molar-refractivity contribution in [3.63, 3.8) is 0 Å². The van der Waals surface area contributed by atoms with Gasteiger partial charge in [0.2, 0.25) is 0 Å². The van der Waals surface area contributed by atoms with Crippen molar-refractivity contribution in [1.82, 2.24) is 5.32 Å². The number of thiocarbonyl (C=S) groups is 1. The van der Waals surface area contributed by atoms with Crippen molar-refractivity contribution >= 4 is 46.0 Å². The van der Waals surface area contributed by atoms with Gasteiger partial charge in [0.1, 0.15) is 9.23 Å². The summed E-state index contributed by atoms with van der Waals surface area (Å²) in [6.45, 7) is 2.88. The largest absolute Gasteiger partial charge is 0.340 e. The Morgan fingerprint density at radius 2 is 2.11 bits per heavy atom. The highest BCUT2D eigenvalue weighted by Gasteiger charge is 2.29. The minimum atomic E-state index is -0.104. The molecule has 0 bridgehead atoms. The molecule has 0 radical (unpaired) electrons. The van der Waals surface area contributed by atoms with E-state index in [-0.39, 0.29) is 5.91 Å². The zero-order chi connectivity index (χ0) is 13.4. The van der Waals surface area contributed by atoms with Crippen LogP contribution in [0, 0.1) is 0 Å². The van der Waals surface area contributed by atoms with Crippen LogP contribution in [0.2, 0.25) is 0 Å². The lowest BCUT2D eigenvalue weighted by molar-refractivity contribution is -0.115. The molecule has 1 fully saturated rings. The summed E-state index contributed by atoms with van der Waals surface area (Å²) in [5, 5.41) is 2.67. The monoisotopic (exact) mass is 288 g/mol. The molecule has 0 spiro atoms. The highest BCUT2D eigenvalue weighted by atomic mass is 32.2. The van der Waals surface area contributed by atoms with Crippen LogP contribution < -0.4 is 10.2 Å². The third-order valence-corrected chi connectivity index (χ3v) is 4.34. The van der Waals surface area contributed by atoms with Gasteiger partial charge in [-0.3, -0.25) is 4.79 Å². The number of rotatable bonds is 1. The zero-order valence-electron chi connectivity index (χ0n) is 10.3. The summed E-state index contributed by atoms with van der Waals surface area (Å²) < 4.78 is 0.524. The Morgan fingerprint density at radius 1 is 1.32 bits per heavy atom. The summed E-state index contributed by atoms with van der Waals surface area (Å²) in [5.41, 5.74) is 3.21. The number of nitrogens with one attached hydrogen (secondary N) is 1. The summed E-state index contributed by atoms with van der Waals surface area (Å²) in [6, 6.07) is 8.16. The van der Waals surface area contributed by atoms with Crippen molar-refractivity contribution in [2.45, 2.75) is 6.92 Å². The van der Waals surface area contributed by atoms with E-state index in [1.807, 2.05) is 24.3 Å². The number of nitrogens with zero attached hydrogens (tertiary/aromatic N) is 1. The second-order valence-corrected chi connectivity index (χ2v) is 5.88. The van der Waals surface area contributed by atoms with Crippen LogP contribution >= 0.6 is 24.0 Å². The number of fused-ring (bicyclic) bond motifs is 1. The van der Waals surface area contributed by atoms with Gasteiger partial charge in [-0.2, -0.15) is 0 Å². The predicted molar refractivity (Wildman–Crippen MR) is 83.9 cm³/mol. The first-order valence-electron chi connectivity index (χ1n) is 6.03. The summed E-state index contributed by atoms with van der Waals surface area (Å²) in [4.78, 5) is 14.7. The number of likely N-dealkylation sites (N-methyl/N-ethyl adjacent to an activating group) is 1. The number of benzene rings is 1. The maximum Gasteiger partial charge on any atom is 0.265 e. The van der Waals surface area contributed by atoms with Crippen LogP contribution in [0.4, 0.5) is 5.69 Å². The number of carbonyl (C=O) groups excluding carboxylic acids is 1. The van der Waals surface area contributed by atoms with Crippen LogP contribution in [0.15, 0.2) is 40.9 Å². The van der Waals surface area contributed by atoms with Crippen LogP contribution in [0.1, 0.15) is 12.5 Å². The predicted octanol–water partition coefficient (Wildman–Crippen LogP) is 2.90. The van der Waals surface area contributed by atoms with Gasteiger partial charge in [-0.05, 0) is 24.6 Å². The van der Waals surface area contributed by atoms with Crippen LogP contribution in [0.3, 0.4) is 0 Å². The molecule has 19 heavy (non-hydrogen) atoms. The average molecular weight is 288 g/mol. The fourth-order valence-electron chi connectivity index (χ4n) is 2.28. The standard InChI is InChI=1S/C14H12N2OS2/c1-2-16-10-6-4-3-5-9(10)7-8-11(16)12-13(17)15-14(18)19-12/h3-8H,2H2,1H3,(H,15,17,18)/b12-11+. The van der Waals surface area contributed by atoms with E-state index >= 15 is 0 Å². The molecule has 1 aromatic rings. The topological polar surface area (TPSA) is 32.3 Å². The van der Waals surface area contributed by atoms with Crippen molar-refractivity contribution in [3.05, 3.63) is 46.5 Å². The van der Waals surface area contributed by atoms with Gasteiger partial charge in [0, 0.05) is 12.2 Å². The molecule has 0 atom stereocenters. The second kappa shape index (κ2) is 4.83. The van der Waals surface area contributed by atoms with Gasteiger partial charge in [0.05, 0.1) is 5.70 Å². The highest BCUT2D eigenvalue weighted by molar-refractivity contribution is 8.26. The molecule has 96 valence electrons. The molecule has 0 aliphatic carbocycles. The van der Waals surface area contributed by atoms with Gasteiger partial charge in [0.15, 0.2) is 0 Å². The van der Waals surface area contributed by atoms with Crippen LogP contribution in [0.25, 0.3) is 6.08 Å². The lowest BCUT2D eigenvalue weighted by Gasteiger charge is -2.29. The number of amides is 1. The normalized spacial score (nSPS) is 21.6. The van der Waals surface area contributed by atoms with Crippen molar-refractivity contribution in [3.8, 4) is 0 Å². The fourth-order valence-corrected chi connectivity index (χ4v) is 3.38. The third-order valence-electron chi connectivity index (χ3n) is 3.10. The van der Waals surface area contributed by atoms with Crippen molar-refractivity contribution in [2.75, 3.05) is 11.4 Å². The third kappa shape index (κ3) is 2.09.